The van der Waals surface area contributed by atoms with Gasteiger partial charge in [0.1, 0.15) is 0 Å². The zero-order chi connectivity index (χ0) is 15.0. The normalized spacial score (nSPS) is 13.9. The highest BCUT2D eigenvalue weighted by Crippen LogP contribution is 2.37. The summed E-state index contributed by atoms with van der Waals surface area (Å²) >= 11 is 12.1. The molecular formula is C16H14Cl2N2O. The quantitative estimate of drug-likeness (QED) is 0.896. The van der Waals surface area contributed by atoms with Crippen molar-refractivity contribution in [3.05, 3.63) is 57.6 Å². The van der Waals surface area contributed by atoms with Gasteiger partial charge in [0.2, 0.25) is 5.91 Å². The van der Waals surface area contributed by atoms with Gasteiger partial charge in [-0.1, -0.05) is 47.5 Å². The Bertz CT molecular complexity index is 715. The number of carbonyl (C=O) groups is 1. The number of anilines is 2. The number of hydrogen-bond acceptors (Lipinski definition) is 2. The van der Waals surface area contributed by atoms with E-state index in [-0.39, 0.29) is 12.5 Å². The Morgan fingerprint density at radius 2 is 1.90 bits per heavy atom. The molecule has 5 heteroatoms. The molecule has 0 spiro atoms. The van der Waals surface area contributed by atoms with Crippen molar-refractivity contribution >= 4 is 40.5 Å². The van der Waals surface area contributed by atoms with Crippen LogP contribution in [0.15, 0.2) is 36.4 Å². The molecule has 2 aromatic carbocycles. The molecule has 1 N–H and O–H groups in total. The van der Waals surface area contributed by atoms with Gasteiger partial charge in [0.25, 0.3) is 0 Å². The molecule has 0 unspecified atom stereocenters. The molecule has 1 heterocycles. The van der Waals surface area contributed by atoms with Crippen molar-refractivity contribution in [2.45, 2.75) is 13.5 Å². The molecule has 0 atom stereocenters. The lowest BCUT2D eigenvalue weighted by Crippen LogP contribution is -2.39. The first kappa shape index (κ1) is 14.2. The molecule has 3 rings (SSSR count). The van der Waals surface area contributed by atoms with Gasteiger partial charge in [-0.05, 0) is 30.2 Å². The number of aryl methyl sites for hydroxylation is 1. The van der Waals surface area contributed by atoms with Crippen molar-refractivity contribution < 1.29 is 4.79 Å². The van der Waals surface area contributed by atoms with Crippen LogP contribution in [0.3, 0.4) is 0 Å². The van der Waals surface area contributed by atoms with Crippen LogP contribution in [-0.4, -0.2) is 12.5 Å². The highest BCUT2D eigenvalue weighted by Gasteiger charge is 2.25. The van der Waals surface area contributed by atoms with E-state index in [0.29, 0.717) is 16.6 Å². The number of fused-ring (bicyclic) bond motifs is 1. The lowest BCUT2D eigenvalue weighted by atomic mass is 10.1. The van der Waals surface area contributed by atoms with Gasteiger partial charge in [-0.2, -0.15) is 0 Å². The molecule has 0 bridgehead atoms. The van der Waals surface area contributed by atoms with E-state index in [2.05, 4.69) is 5.32 Å². The lowest BCUT2D eigenvalue weighted by Gasteiger charge is -2.31. The molecule has 1 aliphatic rings. The third-order valence-corrected chi connectivity index (χ3v) is 4.37. The smallest absolute Gasteiger partial charge is 0.246 e. The molecule has 0 fully saturated rings. The predicted molar refractivity (Wildman–Crippen MR) is 87.3 cm³/mol. The van der Waals surface area contributed by atoms with Crippen LogP contribution < -0.4 is 10.2 Å². The molecule has 0 radical (unpaired) electrons. The number of amides is 1. The third kappa shape index (κ3) is 2.71. The average molecular weight is 321 g/mol. The zero-order valence-electron chi connectivity index (χ0n) is 11.5. The Balaban J connectivity index is 2.01. The van der Waals surface area contributed by atoms with Crippen molar-refractivity contribution in [3.8, 4) is 0 Å². The van der Waals surface area contributed by atoms with Gasteiger partial charge in [0, 0.05) is 0 Å². The fourth-order valence-corrected chi connectivity index (χ4v) is 2.75. The summed E-state index contributed by atoms with van der Waals surface area (Å²) in [5.74, 6) is 0.0177. The molecule has 0 aromatic heterocycles. The van der Waals surface area contributed by atoms with E-state index in [0.717, 1.165) is 22.5 Å². The van der Waals surface area contributed by atoms with Crippen LogP contribution in [0.1, 0.15) is 11.1 Å². The maximum Gasteiger partial charge on any atom is 0.246 e. The second kappa shape index (κ2) is 5.58. The van der Waals surface area contributed by atoms with Gasteiger partial charge in [-0.3, -0.25) is 4.79 Å². The Morgan fingerprint density at radius 1 is 1.19 bits per heavy atom. The highest BCUT2D eigenvalue weighted by atomic mass is 35.5. The summed E-state index contributed by atoms with van der Waals surface area (Å²) in [6.07, 6.45) is 0. The SMILES string of the molecule is Cc1ccccc1CN1C(=O)CNc2cc(Cl)c(Cl)cc21. The van der Waals surface area contributed by atoms with Gasteiger partial charge in [0.15, 0.2) is 0 Å². The molecule has 3 nitrogen and oxygen atoms in total. The van der Waals surface area contributed by atoms with Gasteiger partial charge in [-0.25, -0.2) is 0 Å². The molecular weight excluding hydrogens is 307 g/mol. The van der Waals surface area contributed by atoms with E-state index in [1.165, 1.54) is 0 Å². The zero-order valence-corrected chi connectivity index (χ0v) is 13.0. The molecule has 2 aromatic rings. The number of hydrogen-bond donors (Lipinski definition) is 1. The van der Waals surface area contributed by atoms with E-state index in [4.69, 9.17) is 23.2 Å². The summed E-state index contributed by atoms with van der Waals surface area (Å²) in [6, 6.07) is 11.5. The summed E-state index contributed by atoms with van der Waals surface area (Å²) in [5.41, 5.74) is 3.87. The largest absolute Gasteiger partial charge is 0.374 e. The van der Waals surface area contributed by atoms with Crippen LogP contribution >= 0.6 is 23.2 Å². The van der Waals surface area contributed by atoms with Gasteiger partial charge in [-0.15, -0.1) is 0 Å². The summed E-state index contributed by atoms with van der Waals surface area (Å²) in [7, 11) is 0. The van der Waals surface area contributed by atoms with Crippen LogP contribution in [0.2, 0.25) is 10.0 Å². The van der Waals surface area contributed by atoms with Crippen LogP contribution in [0, 0.1) is 6.92 Å². The van der Waals surface area contributed by atoms with Gasteiger partial charge >= 0.3 is 0 Å². The van der Waals surface area contributed by atoms with Crippen molar-refractivity contribution in [2.24, 2.45) is 0 Å². The van der Waals surface area contributed by atoms with E-state index < -0.39 is 0 Å². The van der Waals surface area contributed by atoms with E-state index >= 15 is 0 Å². The molecule has 1 aliphatic heterocycles. The first-order valence-corrected chi connectivity index (χ1v) is 7.39. The minimum atomic E-state index is 0.0177. The van der Waals surface area contributed by atoms with Crippen LogP contribution in [0.5, 0.6) is 0 Å². The Labute approximate surface area is 133 Å². The number of carbonyl (C=O) groups excluding carboxylic acids is 1. The number of rotatable bonds is 2. The first-order chi connectivity index (χ1) is 10.1. The molecule has 0 aliphatic carbocycles. The van der Waals surface area contributed by atoms with E-state index in [1.54, 1.807) is 17.0 Å². The standard InChI is InChI=1S/C16H14Cl2N2O/c1-10-4-2-3-5-11(10)9-20-15-7-13(18)12(17)6-14(15)19-8-16(20)21/h2-7,19H,8-9H2,1H3. The Kier molecular flexibility index (Phi) is 3.79. The Hall–Kier alpha value is -1.71. The monoisotopic (exact) mass is 320 g/mol. The summed E-state index contributed by atoms with van der Waals surface area (Å²) < 4.78 is 0. The maximum atomic E-state index is 12.3. The predicted octanol–water partition coefficient (Wildman–Crippen LogP) is 4.26. The van der Waals surface area contributed by atoms with Gasteiger partial charge in [0.05, 0.1) is 34.5 Å². The minimum absolute atomic E-state index is 0.0177. The number of halogens is 2. The number of nitrogens with zero attached hydrogens (tertiary/aromatic N) is 1. The molecule has 0 saturated carbocycles. The van der Waals surface area contributed by atoms with Crippen molar-refractivity contribution in [3.63, 3.8) is 0 Å². The summed E-state index contributed by atoms with van der Waals surface area (Å²) in [5, 5.41) is 4.00. The molecule has 0 saturated heterocycles. The maximum absolute atomic E-state index is 12.3. The first-order valence-electron chi connectivity index (χ1n) is 6.64. The summed E-state index contributed by atoms with van der Waals surface area (Å²) in [6.45, 7) is 2.83. The number of benzene rings is 2. The van der Waals surface area contributed by atoms with Crippen LogP contribution in [0.4, 0.5) is 11.4 Å². The van der Waals surface area contributed by atoms with E-state index in [9.17, 15) is 4.79 Å². The Morgan fingerprint density at radius 3 is 2.67 bits per heavy atom. The molecule has 1 amide bonds. The topological polar surface area (TPSA) is 32.3 Å². The average Bonchev–Trinajstić information content (AvgIpc) is 2.46. The summed E-state index contributed by atoms with van der Waals surface area (Å²) in [4.78, 5) is 14.0. The van der Waals surface area contributed by atoms with Gasteiger partial charge < -0.3 is 10.2 Å². The van der Waals surface area contributed by atoms with E-state index in [1.807, 2.05) is 31.2 Å². The fraction of sp³-hybridized carbons (Fsp3) is 0.188. The molecule has 108 valence electrons. The lowest BCUT2D eigenvalue weighted by molar-refractivity contribution is -0.117. The van der Waals surface area contributed by atoms with Crippen molar-refractivity contribution in [1.29, 1.82) is 0 Å². The second-order valence-electron chi connectivity index (χ2n) is 5.04. The third-order valence-electron chi connectivity index (χ3n) is 3.65. The highest BCUT2D eigenvalue weighted by molar-refractivity contribution is 6.42. The van der Waals surface area contributed by atoms with Crippen LogP contribution in [-0.2, 0) is 11.3 Å². The van der Waals surface area contributed by atoms with Crippen molar-refractivity contribution in [1.82, 2.24) is 0 Å². The minimum Gasteiger partial charge on any atom is -0.374 e. The van der Waals surface area contributed by atoms with Crippen LogP contribution in [0.25, 0.3) is 0 Å². The van der Waals surface area contributed by atoms with Crippen molar-refractivity contribution in [2.75, 3.05) is 16.8 Å². The fourth-order valence-electron chi connectivity index (χ4n) is 2.43. The second-order valence-corrected chi connectivity index (χ2v) is 5.86. The number of nitrogens with one attached hydrogen (secondary N) is 1. The molecule has 21 heavy (non-hydrogen) atoms.